The highest BCUT2D eigenvalue weighted by Gasteiger charge is 2.24. The molecule has 0 aliphatic rings. The number of esters is 1. The van der Waals surface area contributed by atoms with Crippen LogP contribution in [0, 0.1) is 0 Å². The molecule has 0 aliphatic carbocycles. The highest BCUT2D eigenvalue weighted by molar-refractivity contribution is 5.77. The maximum Gasteiger partial charge on any atom is 0.306 e. The van der Waals surface area contributed by atoms with Crippen molar-refractivity contribution < 1.29 is 24.5 Å². The van der Waals surface area contributed by atoms with E-state index in [0.29, 0.717) is 19.3 Å². The zero-order chi connectivity index (χ0) is 40.3. The fourth-order valence-corrected chi connectivity index (χ4v) is 7.61. The number of hydrogen-bond acceptors (Lipinski definition) is 5. The smallest absolute Gasteiger partial charge is 0.306 e. The first kappa shape index (κ1) is 53.6. The summed E-state index contributed by atoms with van der Waals surface area (Å²) in [5.74, 6) is -0.493. The maximum absolute atomic E-state index is 13.1. The van der Waals surface area contributed by atoms with Crippen molar-refractivity contribution in [3.8, 4) is 0 Å². The largest absolute Gasteiger partial charge is 0.462 e. The quantitative estimate of drug-likeness (QED) is 0.0325. The molecule has 3 unspecified atom stereocenters. The van der Waals surface area contributed by atoms with Crippen molar-refractivity contribution in [2.75, 3.05) is 6.61 Å². The van der Waals surface area contributed by atoms with Crippen molar-refractivity contribution in [2.24, 2.45) is 0 Å². The van der Waals surface area contributed by atoms with Gasteiger partial charge < -0.3 is 20.3 Å². The Kier molecular flexibility index (Phi) is 42.6. The number of unbranched alkanes of at least 4 members (excludes halogenated alkanes) is 30. The highest BCUT2D eigenvalue weighted by Crippen LogP contribution is 2.17. The number of carbonyl (C=O) groups is 2. The Morgan fingerprint density at radius 2 is 0.891 bits per heavy atom. The van der Waals surface area contributed by atoms with Crippen LogP contribution in [0.15, 0.2) is 12.2 Å². The molecule has 55 heavy (non-hydrogen) atoms. The summed E-state index contributed by atoms with van der Waals surface area (Å²) in [6.45, 7) is 6.46. The van der Waals surface area contributed by atoms with Crippen LogP contribution < -0.4 is 5.32 Å². The lowest BCUT2D eigenvalue weighted by Crippen LogP contribution is -2.46. The number of aliphatic hydroxyl groups excluding tert-OH is 2. The molecule has 6 heteroatoms. The molecule has 3 atom stereocenters. The molecule has 3 N–H and O–H groups in total. The molecular weight excluding hydrogens is 683 g/mol. The van der Waals surface area contributed by atoms with E-state index in [2.05, 4.69) is 38.2 Å². The predicted octanol–water partition coefficient (Wildman–Crippen LogP) is 14.2. The van der Waals surface area contributed by atoms with E-state index in [1.807, 2.05) is 0 Å². The van der Waals surface area contributed by atoms with Gasteiger partial charge in [0.25, 0.3) is 0 Å². The standard InChI is InChI=1S/C49H95NO5/c1-4-7-10-13-16-19-22-23-24-25-27-29-32-35-38-41-47(52)46(44-51)50-48(53)43-45(40-37-34-31-28-26-20-17-14-11-8-5-2)55-49(54)42-39-36-33-30-21-18-15-12-9-6-3/h28,31,45-47,51-52H,4-27,29-30,32-44H2,1-3H3,(H,50,53)/b31-28-. The summed E-state index contributed by atoms with van der Waals surface area (Å²) in [6.07, 6.45) is 47.0. The fraction of sp³-hybridized carbons (Fsp3) is 0.918. The van der Waals surface area contributed by atoms with E-state index >= 15 is 0 Å². The number of carbonyl (C=O) groups excluding carboxylic acids is 2. The van der Waals surface area contributed by atoms with E-state index in [1.165, 1.54) is 167 Å². The topological polar surface area (TPSA) is 95.9 Å². The third kappa shape index (κ3) is 39.2. The second-order valence-electron chi connectivity index (χ2n) is 16.9. The van der Waals surface area contributed by atoms with Gasteiger partial charge in [0.1, 0.15) is 6.10 Å². The third-order valence-electron chi connectivity index (χ3n) is 11.3. The number of amides is 1. The lowest BCUT2D eigenvalue weighted by atomic mass is 10.0. The van der Waals surface area contributed by atoms with Crippen LogP contribution >= 0.6 is 0 Å². The molecule has 0 aromatic heterocycles. The number of rotatable bonds is 44. The Hall–Kier alpha value is -1.40. The summed E-state index contributed by atoms with van der Waals surface area (Å²) < 4.78 is 5.88. The summed E-state index contributed by atoms with van der Waals surface area (Å²) in [4.78, 5) is 26.0. The molecule has 0 bridgehead atoms. The summed E-state index contributed by atoms with van der Waals surface area (Å²) in [5.41, 5.74) is 0. The lowest BCUT2D eigenvalue weighted by molar-refractivity contribution is -0.151. The second kappa shape index (κ2) is 43.7. The summed E-state index contributed by atoms with van der Waals surface area (Å²) in [5, 5.41) is 23.7. The van der Waals surface area contributed by atoms with Gasteiger partial charge in [-0.25, -0.2) is 0 Å². The zero-order valence-corrected chi connectivity index (χ0v) is 37.1. The first-order valence-electron chi connectivity index (χ1n) is 24.4. The van der Waals surface area contributed by atoms with Crippen LogP contribution in [0.5, 0.6) is 0 Å². The second-order valence-corrected chi connectivity index (χ2v) is 16.9. The minimum atomic E-state index is -0.787. The molecule has 0 aromatic rings. The van der Waals surface area contributed by atoms with Crippen LogP contribution in [-0.4, -0.2) is 46.9 Å². The molecule has 6 nitrogen and oxygen atoms in total. The Morgan fingerprint density at radius 3 is 1.33 bits per heavy atom. The lowest BCUT2D eigenvalue weighted by Gasteiger charge is -2.24. The highest BCUT2D eigenvalue weighted by atomic mass is 16.5. The van der Waals surface area contributed by atoms with Gasteiger partial charge in [-0.3, -0.25) is 9.59 Å². The summed E-state index contributed by atoms with van der Waals surface area (Å²) >= 11 is 0. The molecular formula is C49H95NO5. The fourth-order valence-electron chi connectivity index (χ4n) is 7.61. The van der Waals surface area contributed by atoms with Crippen LogP contribution in [0.25, 0.3) is 0 Å². The van der Waals surface area contributed by atoms with E-state index in [1.54, 1.807) is 0 Å². The van der Waals surface area contributed by atoms with Gasteiger partial charge in [-0.05, 0) is 44.9 Å². The van der Waals surface area contributed by atoms with Gasteiger partial charge in [0, 0.05) is 6.42 Å². The van der Waals surface area contributed by atoms with Crippen molar-refractivity contribution >= 4 is 11.9 Å². The van der Waals surface area contributed by atoms with Crippen molar-refractivity contribution in [3.63, 3.8) is 0 Å². The predicted molar refractivity (Wildman–Crippen MR) is 237 cm³/mol. The van der Waals surface area contributed by atoms with Crippen LogP contribution in [0.3, 0.4) is 0 Å². The van der Waals surface area contributed by atoms with Crippen LogP contribution in [0.4, 0.5) is 0 Å². The number of nitrogens with one attached hydrogen (secondary N) is 1. The average molecular weight is 778 g/mol. The van der Waals surface area contributed by atoms with Gasteiger partial charge in [-0.1, -0.05) is 219 Å². The van der Waals surface area contributed by atoms with Crippen molar-refractivity contribution in [1.29, 1.82) is 0 Å². The minimum absolute atomic E-state index is 0.0629. The summed E-state index contributed by atoms with van der Waals surface area (Å²) in [7, 11) is 0. The molecule has 0 aromatic carbocycles. The van der Waals surface area contributed by atoms with E-state index in [-0.39, 0.29) is 24.9 Å². The zero-order valence-electron chi connectivity index (χ0n) is 37.1. The van der Waals surface area contributed by atoms with Gasteiger partial charge >= 0.3 is 5.97 Å². The van der Waals surface area contributed by atoms with Crippen molar-refractivity contribution in [1.82, 2.24) is 5.32 Å². The Labute approximate surface area is 342 Å². The van der Waals surface area contributed by atoms with Gasteiger partial charge in [0.05, 0.1) is 25.2 Å². The van der Waals surface area contributed by atoms with E-state index in [0.717, 1.165) is 51.4 Å². The third-order valence-corrected chi connectivity index (χ3v) is 11.3. The maximum atomic E-state index is 13.1. The van der Waals surface area contributed by atoms with E-state index in [4.69, 9.17) is 4.74 Å². The van der Waals surface area contributed by atoms with Gasteiger partial charge in [-0.2, -0.15) is 0 Å². The first-order chi connectivity index (χ1) is 27.0. The molecule has 0 heterocycles. The SMILES string of the molecule is CCCCCCCC/C=C\CCCC(CC(=O)NC(CO)C(O)CCCCCCCCCCCCCCCCC)OC(=O)CCCCCCCCCCCC. The number of hydrogen-bond donors (Lipinski definition) is 3. The summed E-state index contributed by atoms with van der Waals surface area (Å²) in [6, 6.07) is -0.702. The van der Waals surface area contributed by atoms with Gasteiger partial charge in [0.15, 0.2) is 0 Å². The van der Waals surface area contributed by atoms with Crippen LogP contribution in [0.2, 0.25) is 0 Å². The van der Waals surface area contributed by atoms with E-state index in [9.17, 15) is 19.8 Å². The first-order valence-corrected chi connectivity index (χ1v) is 24.4. The van der Waals surface area contributed by atoms with E-state index < -0.39 is 18.2 Å². The number of allylic oxidation sites excluding steroid dienone is 2. The van der Waals surface area contributed by atoms with Crippen molar-refractivity contribution in [3.05, 3.63) is 12.2 Å². The molecule has 0 rings (SSSR count). The molecule has 0 saturated heterocycles. The minimum Gasteiger partial charge on any atom is -0.462 e. The molecule has 0 aliphatic heterocycles. The van der Waals surface area contributed by atoms with Gasteiger partial charge in [0.2, 0.25) is 5.91 Å². The van der Waals surface area contributed by atoms with Crippen LogP contribution in [0.1, 0.15) is 265 Å². The van der Waals surface area contributed by atoms with Gasteiger partial charge in [-0.15, -0.1) is 0 Å². The molecule has 326 valence electrons. The number of ether oxygens (including phenoxy) is 1. The molecule has 1 amide bonds. The van der Waals surface area contributed by atoms with Crippen LogP contribution in [-0.2, 0) is 14.3 Å². The monoisotopic (exact) mass is 778 g/mol. The molecule has 0 fully saturated rings. The normalized spacial score (nSPS) is 13.3. The van der Waals surface area contributed by atoms with Crippen molar-refractivity contribution in [2.45, 2.75) is 283 Å². The number of aliphatic hydroxyl groups is 2. The Balaban J connectivity index is 4.50. The molecule has 0 saturated carbocycles. The average Bonchev–Trinajstić information content (AvgIpc) is 3.18. The molecule has 0 radical (unpaired) electrons. The molecule has 0 spiro atoms. The Morgan fingerprint density at radius 1 is 0.509 bits per heavy atom. The Bertz CT molecular complexity index is 832.